The lowest BCUT2D eigenvalue weighted by Gasteiger charge is -2.28. The molecule has 3 N–H and O–H groups in total. The molecule has 1 aromatic rings. The van der Waals surface area contributed by atoms with Gasteiger partial charge in [-0.2, -0.15) is 0 Å². The van der Waals surface area contributed by atoms with Crippen LogP contribution in [0.15, 0.2) is 5.16 Å². The van der Waals surface area contributed by atoms with E-state index in [0.717, 1.165) is 25.6 Å². The molecule has 2 heterocycles. The molecule has 3 amide bonds. The van der Waals surface area contributed by atoms with Crippen LogP contribution in [-0.2, 0) is 16.1 Å². The first-order valence-electron chi connectivity index (χ1n) is 7.91. The van der Waals surface area contributed by atoms with E-state index >= 15 is 0 Å². The molecule has 9 nitrogen and oxygen atoms in total. The third-order valence-corrected chi connectivity index (χ3v) is 4.52. The minimum atomic E-state index is -0.856. The molecule has 0 aromatic carbocycles. The van der Waals surface area contributed by atoms with Gasteiger partial charge in [-0.3, -0.25) is 14.7 Å². The summed E-state index contributed by atoms with van der Waals surface area (Å²) < 4.78 is 7.40. The van der Waals surface area contributed by atoms with Crippen molar-refractivity contribution in [3.8, 4) is 0 Å². The van der Waals surface area contributed by atoms with E-state index in [1.807, 2.05) is 4.57 Å². The third-order valence-electron chi connectivity index (χ3n) is 3.44. The van der Waals surface area contributed by atoms with E-state index in [1.54, 1.807) is 6.92 Å². The summed E-state index contributed by atoms with van der Waals surface area (Å²) in [6.07, 6.45) is 0. The number of thioether (sulfide) groups is 1. The van der Waals surface area contributed by atoms with E-state index < -0.39 is 17.2 Å². The number of ether oxygens (including phenoxy) is 1. The molecule has 1 aliphatic rings. The lowest BCUT2D eigenvalue weighted by Crippen LogP contribution is -2.39. The first kappa shape index (κ1) is 18.5. The maximum atomic E-state index is 11.9. The second-order valence-electron chi connectivity index (χ2n) is 6.00. The number of nitrogens with zero attached hydrogens (tertiary/aromatic N) is 4. The number of hydrogen-bond acceptors (Lipinski definition) is 7. The van der Waals surface area contributed by atoms with Crippen LogP contribution in [0.4, 0.5) is 10.7 Å². The summed E-state index contributed by atoms with van der Waals surface area (Å²) >= 11 is 1.26. The van der Waals surface area contributed by atoms with Crippen molar-refractivity contribution >= 4 is 29.6 Å². The van der Waals surface area contributed by atoms with E-state index in [2.05, 4.69) is 34.3 Å². The highest BCUT2D eigenvalue weighted by Gasteiger charge is 2.24. The minimum Gasteiger partial charge on any atom is -0.378 e. The Balaban J connectivity index is 2.17. The van der Waals surface area contributed by atoms with Gasteiger partial charge in [-0.05, 0) is 12.8 Å². The number of amides is 3. The largest absolute Gasteiger partial charge is 0.378 e. The molecule has 0 spiro atoms. The number of nitrogens with one attached hydrogen (secondary N) is 1. The van der Waals surface area contributed by atoms with Gasteiger partial charge in [0.1, 0.15) is 0 Å². The van der Waals surface area contributed by atoms with E-state index in [4.69, 9.17) is 10.5 Å². The highest BCUT2D eigenvalue weighted by Crippen LogP contribution is 2.27. The molecule has 1 fully saturated rings. The number of rotatable bonds is 6. The van der Waals surface area contributed by atoms with Crippen molar-refractivity contribution < 1.29 is 14.3 Å². The summed E-state index contributed by atoms with van der Waals surface area (Å²) in [5.41, 5.74) is 4.99. The van der Waals surface area contributed by atoms with Gasteiger partial charge in [-0.25, -0.2) is 4.79 Å². The van der Waals surface area contributed by atoms with Crippen LogP contribution in [0.25, 0.3) is 0 Å². The van der Waals surface area contributed by atoms with Crippen LogP contribution in [-0.4, -0.2) is 58.3 Å². The maximum Gasteiger partial charge on any atom is 0.318 e. The average Bonchev–Trinajstić information content (AvgIpc) is 2.89. The molecular weight excluding hydrogens is 332 g/mol. The number of imide groups is 1. The normalized spacial score (nSPS) is 16.2. The highest BCUT2D eigenvalue weighted by atomic mass is 32.2. The zero-order valence-electron chi connectivity index (χ0n) is 14.2. The predicted molar refractivity (Wildman–Crippen MR) is 90.9 cm³/mol. The molecule has 0 saturated carbocycles. The molecule has 134 valence electrons. The lowest BCUT2D eigenvalue weighted by molar-refractivity contribution is -0.119. The highest BCUT2D eigenvalue weighted by molar-refractivity contribution is 8.00. The Bertz CT molecular complexity index is 585. The van der Waals surface area contributed by atoms with Gasteiger partial charge in [0.05, 0.1) is 18.5 Å². The fraction of sp³-hybridized carbons (Fsp3) is 0.714. The van der Waals surface area contributed by atoms with Gasteiger partial charge in [0.25, 0.3) is 0 Å². The number of carbonyl (C=O) groups excluding carboxylic acids is 2. The Labute approximate surface area is 145 Å². The quantitative estimate of drug-likeness (QED) is 0.711. The van der Waals surface area contributed by atoms with E-state index in [-0.39, 0.29) is 0 Å². The number of aromatic nitrogens is 3. The van der Waals surface area contributed by atoms with Crippen molar-refractivity contribution in [2.24, 2.45) is 11.7 Å². The van der Waals surface area contributed by atoms with E-state index in [9.17, 15) is 9.59 Å². The molecular formula is C14H24N6O3S. The second kappa shape index (κ2) is 8.34. The van der Waals surface area contributed by atoms with Crippen LogP contribution in [0, 0.1) is 5.92 Å². The van der Waals surface area contributed by atoms with Crippen molar-refractivity contribution in [2.75, 3.05) is 31.2 Å². The average molecular weight is 356 g/mol. The van der Waals surface area contributed by atoms with Crippen LogP contribution < -0.4 is 16.0 Å². The van der Waals surface area contributed by atoms with Crippen molar-refractivity contribution in [3.63, 3.8) is 0 Å². The number of primary amides is 1. The molecule has 1 aromatic heterocycles. The van der Waals surface area contributed by atoms with E-state index in [1.165, 1.54) is 11.8 Å². The summed E-state index contributed by atoms with van der Waals surface area (Å²) in [6, 6.07) is -0.856. The number of nitrogens with two attached hydrogens (primary N) is 1. The molecule has 0 radical (unpaired) electrons. The van der Waals surface area contributed by atoms with Gasteiger partial charge in [0, 0.05) is 19.6 Å². The van der Waals surface area contributed by atoms with Gasteiger partial charge in [-0.1, -0.05) is 25.6 Å². The Morgan fingerprint density at radius 1 is 1.29 bits per heavy atom. The van der Waals surface area contributed by atoms with Crippen LogP contribution in [0.2, 0.25) is 0 Å². The zero-order valence-corrected chi connectivity index (χ0v) is 15.0. The van der Waals surface area contributed by atoms with Gasteiger partial charge in [-0.15, -0.1) is 10.2 Å². The summed E-state index contributed by atoms with van der Waals surface area (Å²) in [7, 11) is 0. The van der Waals surface area contributed by atoms with E-state index in [0.29, 0.717) is 24.3 Å². The molecule has 2 rings (SSSR count). The Hall–Kier alpha value is -1.81. The van der Waals surface area contributed by atoms with Gasteiger partial charge < -0.3 is 15.4 Å². The zero-order chi connectivity index (χ0) is 17.7. The summed E-state index contributed by atoms with van der Waals surface area (Å²) in [6.45, 7) is 9.51. The van der Waals surface area contributed by atoms with Gasteiger partial charge in [0.2, 0.25) is 11.9 Å². The van der Waals surface area contributed by atoms with Crippen LogP contribution in [0.1, 0.15) is 20.8 Å². The number of carbonyl (C=O) groups is 2. The molecule has 24 heavy (non-hydrogen) atoms. The molecule has 10 heteroatoms. The summed E-state index contributed by atoms with van der Waals surface area (Å²) in [5, 5.41) is 10.8. The smallest absolute Gasteiger partial charge is 0.318 e. The first-order valence-corrected chi connectivity index (χ1v) is 8.79. The topological polar surface area (TPSA) is 115 Å². The SMILES string of the molecule is CC(C)Cn1c(S[C@H](C)C(=O)NC(N)=O)nnc1N1CCOCC1. The molecule has 0 aliphatic carbocycles. The summed E-state index contributed by atoms with van der Waals surface area (Å²) in [5.74, 6) is 0.742. The fourth-order valence-corrected chi connectivity index (χ4v) is 3.18. The van der Waals surface area contributed by atoms with Crippen LogP contribution in [0.3, 0.4) is 0 Å². The fourth-order valence-electron chi connectivity index (χ4n) is 2.33. The van der Waals surface area contributed by atoms with Crippen molar-refractivity contribution in [1.29, 1.82) is 0 Å². The number of urea groups is 1. The van der Waals surface area contributed by atoms with Gasteiger partial charge >= 0.3 is 6.03 Å². The Kier molecular flexibility index (Phi) is 6.44. The standard InChI is InChI=1S/C14H24N6O3S/c1-9(2)8-20-13(19-4-6-23-7-5-19)17-18-14(20)24-10(3)11(21)16-12(15)22/h9-10H,4-8H2,1-3H3,(H3,15,16,21,22)/t10-/m1/s1. The maximum absolute atomic E-state index is 11.9. The number of anilines is 1. The summed E-state index contributed by atoms with van der Waals surface area (Å²) in [4.78, 5) is 24.8. The lowest BCUT2D eigenvalue weighted by atomic mass is 10.2. The number of morpholine rings is 1. The minimum absolute atomic E-state index is 0.398. The third kappa shape index (κ3) is 4.84. The monoisotopic (exact) mass is 356 g/mol. The van der Waals surface area contributed by atoms with Crippen LogP contribution >= 0.6 is 11.8 Å². The molecule has 1 atom stereocenters. The van der Waals surface area contributed by atoms with Crippen molar-refractivity contribution in [3.05, 3.63) is 0 Å². The molecule has 0 unspecified atom stereocenters. The number of hydrogen-bond donors (Lipinski definition) is 2. The Morgan fingerprint density at radius 3 is 2.54 bits per heavy atom. The molecule has 1 saturated heterocycles. The van der Waals surface area contributed by atoms with Crippen LogP contribution in [0.5, 0.6) is 0 Å². The van der Waals surface area contributed by atoms with Crippen molar-refractivity contribution in [1.82, 2.24) is 20.1 Å². The molecule has 0 bridgehead atoms. The van der Waals surface area contributed by atoms with Gasteiger partial charge in [0.15, 0.2) is 5.16 Å². The van der Waals surface area contributed by atoms with Crippen molar-refractivity contribution in [2.45, 2.75) is 37.7 Å². The first-order chi connectivity index (χ1) is 11.4. The Morgan fingerprint density at radius 2 is 1.96 bits per heavy atom. The molecule has 1 aliphatic heterocycles. The second-order valence-corrected chi connectivity index (χ2v) is 7.31. The predicted octanol–water partition coefficient (Wildman–Crippen LogP) is 0.446.